The molecule has 0 aromatic carbocycles. The number of carbonyl (C=O) groups is 1. The van der Waals surface area contributed by atoms with Gasteiger partial charge in [0.25, 0.3) is 5.56 Å². The Balaban J connectivity index is 2.19. The number of rotatable bonds is 9. The highest BCUT2D eigenvalue weighted by molar-refractivity contribution is 7.99. The largest absolute Gasteiger partial charge is 0.355 e. The Kier molecular flexibility index (Phi) is 7.25. The number of thiophene rings is 1. The zero-order valence-corrected chi connectivity index (χ0v) is 16.7. The molecule has 0 spiro atoms. The van der Waals surface area contributed by atoms with Gasteiger partial charge >= 0.3 is 0 Å². The average Bonchev–Trinajstić information content (AvgIpc) is 2.87. The van der Waals surface area contributed by atoms with Crippen LogP contribution in [0.25, 0.3) is 10.2 Å². The Bertz CT molecular complexity index is 824. The molecule has 0 radical (unpaired) electrons. The van der Waals surface area contributed by atoms with Crippen molar-refractivity contribution in [3.63, 3.8) is 0 Å². The van der Waals surface area contributed by atoms with Crippen molar-refractivity contribution in [2.24, 2.45) is 0 Å². The number of carbonyl (C=O) groups excluding carboxylic acids is 1. The van der Waals surface area contributed by atoms with Crippen molar-refractivity contribution in [2.75, 3.05) is 12.3 Å². The summed E-state index contributed by atoms with van der Waals surface area (Å²) in [7, 11) is 0. The molecule has 0 saturated heterocycles. The first-order valence-electron chi connectivity index (χ1n) is 8.50. The van der Waals surface area contributed by atoms with Gasteiger partial charge < -0.3 is 5.32 Å². The molecule has 7 heteroatoms. The number of nitrogens with zero attached hydrogens (tertiary/aromatic N) is 2. The first-order valence-corrected chi connectivity index (χ1v) is 10.3. The van der Waals surface area contributed by atoms with Crippen LogP contribution in [0, 0.1) is 13.8 Å². The van der Waals surface area contributed by atoms with Gasteiger partial charge in [-0.05, 0) is 25.8 Å². The molecule has 2 rings (SSSR count). The molecule has 0 aliphatic carbocycles. The van der Waals surface area contributed by atoms with E-state index >= 15 is 0 Å². The molecule has 2 aromatic rings. The number of nitrogens with one attached hydrogen (secondary N) is 1. The summed E-state index contributed by atoms with van der Waals surface area (Å²) in [5, 5.41) is 4.16. The summed E-state index contributed by atoms with van der Waals surface area (Å²) in [6, 6.07) is 0. The van der Waals surface area contributed by atoms with Crippen LogP contribution in [0.1, 0.15) is 36.6 Å². The van der Waals surface area contributed by atoms with Crippen LogP contribution < -0.4 is 10.9 Å². The van der Waals surface area contributed by atoms with E-state index in [0.29, 0.717) is 23.6 Å². The molecule has 1 N–H and O–H groups in total. The predicted molar refractivity (Wildman–Crippen MR) is 107 cm³/mol. The second-order valence-corrected chi connectivity index (χ2v) is 8.05. The summed E-state index contributed by atoms with van der Waals surface area (Å²) in [6.07, 6.45) is 4.91. The van der Waals surface area contributed by atoms with E-state index < -0.39 is 0 Å². The van der Waals surface area contributed by atoms with E-state index in [-0.39, 0.29) is 17.2 Å². The van der Waals surface area contributed by atoms with Gasteiger partial charge in [0.1, 0.15) is 4.83 Å². The van der Waals surface area contributed by atoms with Crippen LogP contribution in [-0.2, 0) is 11.3 Å². The van der Waals surface area contributed by atoms with Crippen molar-refractivity contribution in [1.29, 1.82) is 0 Å². The third-order valence-corrected chi connectivity index (χ3v) is 6.08. The lowest BCUT2D eigenvalue weighted by Crippen LogP contribution is -2.27. The summed E-state index contributed by atoms with van der Waals surface area (Å²) in [6.45, 7) is 10.9. The molecule has 1 amide bonds. The van der Waals surface area contributed by atoms with Gasteiger partial charge in [0.15, 0.2) is 5.16 Å². The van der Waals surface area contributed by atoms with Crippen molar-refractivity contribution in [3.05, 3.63) is 33.4 Å². The van der Waals surface area contributed by atoms with E-state index in [4.69, 9.17) is 0 Å². The highest BCUT2D eigenvalue weighted by Gasteiger charge is 2.17. The fraction of sp³-hybridized carbons (Fsp3) is 0.500. The minimum absolute atomic E-state index is 0.0286. The van der Waals surface area contributed by atoms with Crippen molar-refractivity contribution in [1.82, 2.24) is 14.9 Å². The fourth-order valence-electron chi connectivity index (χ4n) is 2.49. The third-order valence-electron chi connectivity index (χ3n) is 4.00. The molecule has 25 heavy (non-hydrogen) atoms. The van der Waals surface area contributed by atoms with Crippen LogP contribution in [0.2, 0.25) is 0 Å². The molecule has 0 fully saturated rings. The first kappa shape index (κ1) is 19.7. The monoisotopic (exact) mass is 379 g/mol. The Morgan fingerprint density at radius 3 is 2.84 bits per heavy atom. The highest BCUT2D eigenvalue weighted by Crippen LogP contribution is 2.28. The third kappa shape index (κ3) is 4.73. The van der Waals surface area contributed by atoms with Gasteiger partial charge in [-0.3, -0.25) is 14.2 Å². The molecule has 0 atom stereocenters. The van der Waals surface area contributed by atoms with Crippen molar-refractivity contribution in [3.8, 4) is 0 Å². The second kappa shape index (κ2) is 9.20. The van der Waals surface area contributed by atoms with Gasteiger partial charge in [-0.25, -0.2) is 4.98 Å². The van der Waals surface area contributed by atoms with E-state index in [1.165, 1.54) is 23.1 Å². The van der Waals surface area contributed by atoms with Gasteiger partial charge in [0, 0.05) is 18.0 Å². The molecular formula is C18H25N3O2S2. The lowest BCUT2D eigenvalue weighted by atomic mass is 10.2. The summed E-state index contributed by atoms with van der Waals surface area (Å²) >= 11 is 2.83. The smallest absolute Gasteiger partial charge is 0.263 e. The van der Waals surface area contributed by atoms with Crippen LogP contribution in [-0.4, -0.2) is 27.8 Å². The van der Waals surface area contributed by atoms with Crippen LogP contribution in [0.5, 0.6) is 0 Å². The molecule has 5 nitrogen and oxygen atoms in total. The highest BCUT2D eigenvalue weighted by atomic mass is 32.2. The van der Waals surface area contributed by atoms with Crippen molar-refractivity contribution < 1.29 is 4.79 Å². The van der Waals surface area contributed by atoms with Gasteiger partial charge in [0.2, 0.25) is 5.91 Å². The number of hydrogen-bond donors (Lipinski definition) is 1. The molecule has 0 unspecified atom stereocenters. The molecule has 2 aromatic heterocycles. The molecule has 0 saturated carbocycles. The van der Waals surface area contributed by atoms with Crippen LogP contribution >= 0.6 is 23.1 Å². The Hall–Kier alpha value is -1.60. The van der Waals surface area contributed by atoms with Gasteiger partial charge in [-0.1, -0.05) is 37.6 Å². The SMILES string of the molecule is C=CCn1c(SCC(=O)NCCCCC)nc2sc(C)c(C)c2c1=O. The van der Waals surface area contributed by atoms with Crippen LogP contribution in [0.15, 0.2) is 22.6 Å². The van der Waals surface area contributed by atoms with Crippen molar-refractivity contribution >= 4 is 39.2 Å². The number of amides is 1. The maximum atomic E-state index is 12.8. The Morgan fingerprint density at radius 1 is 1.40 bits per heavy atom. The number of unbranched alkanes of at least 4 members (excludes halogenated alkanes) is 2. The van der Waals surface area contributed by atoms with Crippen molar-refractivity contribution in [2.45, 2.75) is 51.7 Å². The van der Waals surface area contributed by atoms with Crippen LogP contribution in [0.3, 0.4) is 0 Å². The zero-order chi connectivity index (χ0) is 18.4. The van der Waals surface area contributed by atoms with Gasteiger partial charge in [0.05, 0.1) is 11.1 Å². The minimum atomic E-state index is -0.0578. The maximum absolute atomic E-state index is 12.8. The average molecular weight is 380 g/mol. The van der Waals surface area contributed by atoms with E-state index in [2.05, 4.69) is 23.8 Å². The van der Waals surface area contributed by atoms with Crippen LogP contribution in [0.4, 0.5) is 0 Å². The van der Waals surface area contributed by atoms with E-state index in [1.807, 2.05) is 13.8 Å². The number of allylic oxidation sites excluding steroid dienone is 1. The molecular weight excluding hydrogens is 354 g/mol. The predicted octanol–water partition coefficient (Wildman–Crippen LogP) is 3.66. The summed E-state index contributed by atoms with van der Waals surface area (Å²) in [5.41, 5.74) is 0.929. The topological polar surface area (TPSA) is 64.0 Å². The van der Waals surface area contributed by atoms with E-state index in [1.54, 1.807) is 10.6 Å². The fourth-order valence-corrected chi connectivity index (χ4v) is 4.40. The lowest BCUT2D eigenvalue weighted by Gasteiger charge is -2.10. The number of aryl methyl sites for hydroxylation is 2. The first-order chi connectivity index (χ1) is 12.0. The van der Waals surface area contributed by atoms with E-state index in [0.717, 1.165) is 34.5 Å². The quantitative estimate of drug-likeness (QED) is 0.313. The van der Waals surface area contributed by atoms with Gasteiger partial charge in [-0.2, -0.15) is 0 Å². The number of aromatic nitrogens is 2. The Labute approximate surface area is 156 Å². The molecule has 0 aliphatic rings. The Morgan fingerprint density at radius 2 is 2.16 bits per heavy atom. The lowest BCUT2D eigenvalue weighted by molar-refractivity contribution is -0.118. The number of fused-ring (bicyclic) bond motifs is 1. The van der Waals surface area contributed by atoms with E-state index in [9.17, 15) is 9.59 Å². The molecule has 0 bridgehead atoms. The summed E-state index contributed by atoms with van der Waals surface area (Å²) in [5.74, 6) is 0.226. The normalized spacial score (nSPS) is 11.0. The molecule has 2 heterocycles. The number of thioether (sulfide) groups is 1. The zero-order valence-electron chi connectivity index (χ0n) is 15.1. The maximum Gasteiger partial charge on any atom is 0.263 e. The minimum Gasteiger partial charge on any atom is -0.355 e. The summed E-state index contributed by atoms with van der Waals surface area (Å²) in [4.78, 5) is 31.3. The molecule has 0 aliphatic heterocycles. The second-order valence-electron chi connectivity index (χ2n) is 5.91. The number of hydrogen-bond acceptors (Lipinski definition) is 5. The summed E-state index contributed by atoms with van der Waals surface area (Å²) < 4.78 is 1.60. The standard InChI is InChI=1S/C18H25N3O2S2/c1-5-7-8-9-19-14(22)11-24-18-20-16-15(12(3)13(4)25-16)17(23)21(18)10-6-2/h6H,2,5,7-11H2,1,3-4H3,(H,19,22). The van der Waals surface area contributed by atoms with Gasteiger partial charge in [-0.15, -0.1) is 17.9 Å². The molecule has 136 valence electrons.